The van der Waals surface area contributed by atoms with Gasteiger partial charge in [-0.2, -0.15) is 0 Å². The third kappa shape index (κ3) is 8.87. The van der Waals surface area contributed by atoms with Gasteiger partial charge in [0, 0.05) is 36.5 Å². The fourth-order valence-corrected chi connectivity index (χ4v) is 0. The minimum atomic E-state index is 0. The summed E-state index contributed by atoms with van der Waals surface area (Å²) in [6.07, 6.45) is 0. The number of hydrogen-bond acceptors (Lipinski definition) is 0. The third-order valence-corrected chi connectivity index (χ3v) is 0. The average molecular weight is 244 g/mol. The molecule has 4 heavy (non-hydrogen) atoms. The van der Waals surface area contributed by atoms with E-state index in [1.54, 1.807) is 0 Å². The molecule has 0 heterocycles. The molecule has 0 saturated heterocycles. The Morgan fingerprint density at radius 3 is 1.25 bits per heavy atom. The summed E-state index contributed by atoms with van der Waals surface area (Å²) in [5, 5.41) is 0. The molecule has 0 nitrogen and oxygen atoms in total. The van der Waals surface area contributed by atoms with Crippen LogP contribution in [0.3, 0.4) is 0 Å². The molecule has 0 fully saturated rings. The third-order valence-electron chi connectivity index (χ3n) is 0. The Morgan fingerprint density at radius 2 is 1.25 bits per heavy atom. The van der Waals surface area contributed by atoms with E-state index in [9.17, 15) is 0 Å². The van der Waals surface area contributed by atoms with Gasteiger partial charge in [-0.05, 0) is 0 Å². The quantitative estimate of drug-likeness (QED) is 0.476. The Balaban J connectivity index is 0. The maximum absolute atomic E-state index is 0. The summed E-state index contributed by atoms with van der Waals surface area (Å²) < 4.78 is 0. The predicted molar refractivity (Wildman–Crippen MR) is 16.5 cm³/mol. The molecule has 0 aliphatic heterocycles. The van der Waals surface area contributed by atoms with Crippen molar-refractivity contribution in [1.82, 2.24) is 0 Å². The molecule has 0 radical (unpaired) electrons. The van der Waals surface area contributed by atoms with Crippen molar-refractivity contribution < 1.29 is 39.4 Å². The Kier molecular flexibility index (Phi) is 119. The second-order valence-corrected chi connectivity index (χ2v) is 0. The van der Waals surface area contributed by atoms with Crippen LogP contribution in [0.1, 0.15) is 2.85 Å². The molecular weight excluding hydrogens is 240 g/mol. The zero-order valence-electron chi connectivity index (χ0n) is 4.27. The summed E-state index contributed by atoms with van der Waals surface area (Å²) in [7, 11) is 0. The van der Waals surface area contributed by atoms with Gasteiger partial charge in [-0.15, -0.1) is 0 Å². The standard InChI is InChI=1S/Ca.Fe.H2Se.Zn.2H/h;;1H2;;;/q+2;;;;2*-1. The van der Waals surface area contributed by atoms with E-state index in [1.165, 1.54) is 0 Å². The maximum Gasteiger partial charge on any atom is 0 e. The molecule has 0 N–H and O–H groups in total. The molecule has 0 amide bonds. The van der Waals surface area contributed by atoms with E-state index >= 15 is 0 Å². The predicted octanol–water partition coefficient (Wildman–Crippen LogP) is -1.08. The minimum absolute atomic E-state index is 0. The van der Waals surface area contributed by atoms with Crippen LogP contribution < -0.4 is 0 Å². The van der Waals surface area contributed by atoms with Crippen LogP contribution in [0, 0.1) is 0 Å². The molecule has 0 saturated carbocycles. The zero-order valence-corrected chi connectivity index (χ0v) is 10.6. The molecule has 0 spiro atoms. The van der Waals surface area contributed by atoms with Gasteiger partial charge in [-0.25, -0.2) is 0 Å². The second kappa shape index (κ2) is 16.8. The van der Waals surface area contributed by atoms with Crippen molar-refractivity contribution in [3.05, 3.63) is 0 Å². The zero-order chi connectivity index (χ0) is 0. The van der Waals surface area contributed by atoms with E-state index in [0.717, 1.165) is 0 Å². The van der Waals surface area contributed by atoms with Crippen LogP contribution in [0.25, 0.3) is 0 Å². The van der Waals surface area contributed by atoms with Crippen molar-refractivity contribution in [2.45, 2.75) is 0 Å². The smallest absolute Gasteiger partial charge is 0 e. The van der Waals surface area contributed by atoms with Crippen LogP contribution in [0.2, 0.25) is 0 Å². The largest absolute Gasteiger partial charge is 0 e. The van der Waals surface area contributed by atoms with Gasteiger partial charge < -0.3 is 2.85 Å². The van der Waals surface area contributed by atoms with Gasteiger partial charge in [0.15, 0.2) is 0 Å². The van der Waals surface area contributed by atoms with Crippen LogP contribution in [0.4, 0.5) is 0 Å². The van der Waals surface area contributed by atoms with Gasteiger partial charge in [0.05, 0.1) is 0 Å². The van der Waals surface area contributed by atoms with Gasteiger partial charge in [0.2, 0.25) is 0 Å². The van der Waals surface area contributed by atoms with E-state index in [-0.39, 0.29) is 94.2 Å². The molecule has 0 aliphatic rings. The first kappa shape index (κ1) is 28.4. The van der Waals surface area contributed by atoms with Crippen LogP contribution in [-0.2, 0) is 36.5 Å². The van der Waals surface area contributed by atoms with Gasteiger partial charge in [0.1, 0.15) is 0 Å². The van der Waals surface area contributed by atoms with Crippen molar-refractivity contribution in [1.29, 1.82) is 0 Å². The molecule has 0 unspecified atom stereocenters. The Hall–Kier alpha value is 2.92. The van der Waals surface area contributed by atoms with Crippen molar-refractivity contribution in [2.24, 2.45) is 0 Å². The number of hydrogen-bond donors (Lipinski definition) is 0. The maximum atomic E-state index is 0. The van der Waals surface area contributed by atoms with Crippen molar-refractivity contribution in [3.63, 3.8) is 0 Å². The minimum Gasteiger partial charge on any atom is 0 e. The summed E-state index contributed by atoms with van der Waals surface area (Å²) >= 11 is 0. The van der Waals surface area contributed by atoms with Crippen molar-refractivity contribution in [3.8, 4) is 0 Å². The molecule has 0 aromatic carbocycles. The van der Waals surface area contributed by atoms with Gasteiger partial charge >= 0.3 is 54.8 Å². The molecular formula is H4CaFeSeZn. The number of rotatable bonds is 0. The van der Waals surface area contributed by atoms with Crippen LogP contribution in [0.15, 0.2) is 0 Å². The summed E-state index contributed by atoms with van der Waals surface area (Å²) in [6, 6.07) is 0. The first-order valence-electron chi connectivity index (χ1n) is 0. The van der Waals surface area contributed by atoms with Gasteiger partial charge in [-0.3, -0.25) is 0 Å². The van der Waals surface area contributed by atoms with Gasteiger partial charge in [0.25, 0.3) is 0 Å². The Morgan fingerprint density at radius 1 is 1.25 bits per heavy atom. The van der Waals surface area contributed by atoms with Crippen molar-refractivity contribution in [2.75, 3.05) is 0 Å². The molecule has 4 heteroatoms. The SMILES string of the molecule is [Ca+2].[Fe].[H-].[H-].[SeH2].[Zn]. The van der Waals surface area contributed by atoms with Crippen LogP contribution >= 0.6 is 0 Å². The van der Waals surface area contributed by atoms with E-state index in [0.29, 0.717) is 0 Å². The fraction of sp³-hybridized carbons (Fsp3) is 0. The Labute approximate surface area is 92.5 Å². The topological polar surface area (TPSA) is 0 Å². The Bertz CT molecular complexity index is 13.5. The van der Waals surface area contributed by atoms with E-state index in [1.807, 2.05) is 0 Å². The molecule has 0 rings (SSSR count). The van der Waals surface area contributed by atoms with Gasteiger partial charge in [-0.1, -0.05) is 0 Å². The summed E-state index contributed by atoms with van der Waals surface area (Å²) in [5.41, 5.74) is 0. The normalized spacial score (nSPS) is 0. The monoisotopic (exact) mass is 244 g/mol. The van der Waals surface area contributed by atoms with Crippen LogP contribution in [0.5, 0.6) is 0 Å². The van der Waals surface area contributed by atoms with Crippen molar-refractivity contribution >= 4 is 54.8 Å². The molecule has 0 aromatic heterocycles. The molecule has 0 bridgehead atoms. The average Bonchev–Trinajstić information content (AvgIpc) is 0. The van der Waals surface area contributed by atoms with E-state index < -0.39 is 0 Å². The summed E-state index contributed by atoms with van der Waals surface area (Å²) in [6.45, 7) is 0. The summed E-state index contributed by atoms with van der Waals surface area (Å²) in [5.74, 6) is 0. The second-order valence-electron chi connectivity index (χ2n) is 0. The molecule has 0 aromatic rings. The van der Waals surface area contributed by atoms with E-state index in [2.05, 4.69) is 0 Å². The summed E-state index contributed by atoms with van der Waals surface area (Å²) in [4.78, 5) is 0. The molecule has 0 atom stereocenters. The fourth-order valence-electron chi connectivity index (χ4n) is 0. The molecule has 22 valence electrons. The van der Waals surface area contributed by atoms with Crippen LogP contribution in [-0.4, -0.2) is 54.8 Å². The van der Waals surface area contributed by atoms with E-state index in [4.69, 9.17) is 0 Å². The first-order valence-corrected chi connectivity index (χ1v) is 0. The first-order chi connectivity index (χ1) is 0. The molecule has 0 aliphatic carbocycles.